The maximum Gasteiger partial charge on any atom is 0.303 e. The number of carboxylic acid groups (broad SMARTS) is 1. The van der Waals surface area contributed by atoms with E-state index in [1.54, 1.807) is 6.08 Å². The molecule has 3 rings (SSSR count). The Balaban J connectivity index is 1.86. The summed E-state index contributed by atoms with van der Waals surface area (Å²) in [5.74, 6) is -4.50. The first-order valence-electron chi connectivity index (χ1n) is 12.4. The maximum absolute atomic E-state index is 12.6. The fourth-order valence-corrected chi connectivity index (χ4v) is 4.21. The highest BCUT2D eigenvalue weighted by Gasteiger charge is 2.51. The van der Waals surface area contributed by atoms with Gasteiger partial charge in [0.25, 0.3) is 0 Å². The Bertz CT molecular complexity index is 1240. The van der Waals surface area contributed by atoms with Crippen LogP contribution in [0.1, 0.15) is 43.1 Å². The molecule has 40 heavy (non-hydrogen) atoms. The van der Waals surface area contributed by atoms with E-state index < -0.39 is 60.8 Å². The number of hydrogen-bond acceptors (Lipinski definition) is 10. The van der Waals surface area contributed by atoms with Gasteiger partial charge in [-0.25, -0.2) is 0 Å². The Morgan fingerprint density at radius 3 is 2.05 bits per heavy atom. The summed E-state index contributed by atoms with van der Waals surface area (Å²) >= 11 is 0. The summed E-state index contributed by atoms with van der Waals surface area (Å²) in [4.78, 5) is 59.6. The van der Waals surface area contributed by atoms with Gasteiger partial charge in [-0.2, -0.15) is 0 Å². The molecule has 0 aromatic heterocycles. The largest absolute Gasteiger partial charge is 0.481 e. The molecular formula is C29H30O11. The van der Waals surface area contributed by atoms with Gasteiger partial charge < -0.3 is 28.8 Å². The van der Waals surface area contributed by atoms with E-state index in [2.05, 4.69) is 0 Å². The van der Waals surface area contributed by atoms with Crippen LogP contribution in [-0.4, -0.2) is 66.0 Å². The zero-order chi connectivity index (χ0) is 29.2. The molecule has 2 aromatic carbocycles. The molecule has 212 valence electrons. The SMILES string of the molecule is CC(=O)OC[C@@H]1O[C@H](Oc2ccc(C(=O)/C=C\c3ccccc3)cc2)[C@H](OC(C)=O)[C@H](CC(=O)O)[C@H]1OC(C)=O. The number of ether oxygens (including phenoxy) is 5. The van der Waals surface area contributed by atoms with Crippen LogP contribution in [0.2, 0.25) is 0 Å². The zero-order valence-electron chi connectivity index (χ0n) is 22.2. The van der Waals surface area contributed by atoms with E-state index in [0.29, 0.717) is 5.56 Å². The van der Waals surface area contributed by atoms with E-state index in [0.717, 1.165) is 19.4 Å². The van der Waals surface area contributed by atoms with Gasteiger partial charge in [0, 0.05) is 26.3 Å². The quantitative estimate of drug-likeness (QED) is 0.189. The monoisotopic (exact) mass is 554 g/mol. The van der Waals surface area contributed by atoms with E-state index >= 15 is 0 Å². The molecule has 1 aliphatic rings. The molecule has 1 N–H and O–H groups in total. The lowest BCUT2D eigenvalue weighted by Gasteiger charge is -2.44. The molecule has 0 radical (unpaired) electrons. The second kappa shape index (κ2) is 14.0. The van der Waals surface area contributed by atoms with Crippen LogP contribution in [0.15, 0.2) is 60.7 Å². The summed E-state index contributed by atoms with van der Waals surface area (Å²) in [5.41, 5.74) is 1.25. The molecule has 1 aliphatic heterocycles. The minimum atomic E-state index is -1.36. The highest BCUT2D eigenvalue weighted by atomic mass is 16.7. The molecule has 11 nitrogen and oxygen atoms in total. The molecule has 0 amide bonds. The van der Waals surface area contributed by atoms with Crippen molar-refractivity contribution < 1.29 is 52.8 Å². The Labute approximate surface area is 230 Å². The van der Waals surface area contributed by atoms with Crippen LogP contribution in [0.4, 0.5) is 0 Å². The third kappa shape index (κ3) is 8.77. The van der Waals surface area contributed by atoms with Gasteiger partial charge in [-0.3, -0.25) is 24.0 Å². The first-order chi connectivity index (χ1) is 19.0. The number of rotatable bonds is 11. The lowest BCUT2D eigenvalue weighted by Crippen LogP contribution is -2.60. The number of hydrogen-bond donors (Lipinski definition) is 1. The Hall–Kier alpha value is -4.51. The van der Waals surface area contributed by atoms with E-state index in [1.807, 2.05) is 30.3 Å². The van der Waals surface area contributed by atoms with Gasteiger partial charge in [0.2, 0.25) is 6.29 Å². The lowest BCUT2D eigenvalue weighted by molar-refractivity contribution is -0.274. The molecular weight excluding hydrogens is 524 g/mol. The van der Waals surface area contributed by atoms with Gasteiger partial charge in [-0.1, -0.05) is 36.4 Å². The molecule has 11 heteroatoms. The first kappa shape index (κ1) is 30.0. The summed E-state index contributed by atoms with van der Waals surface area (Å²) in [6.07, 6.45) is -2.46. The van der Waals surface area contributed by atoms with Crippen LogP contribution in [0.25, 0.3) is 6.08 Å². The molecule has 1 saturated heterocycles. The van der Waals surface area contributed by atoms with Crippen molar-refractivity contribution in [2.24, 2.45) is 5.92 Å². The van der Waals surface area contributed by atoms with Crippen molar-refractivity contribution in [2.75, 3.05) is 6.61 Å². The van der Waals surface area contributed by atoms with Gasteiger partial charge in [0.15, 0.2) is 11.9 Å². The van der Waals surface area contributed by atoms with Crippen LogP contribution in [0.5, 0.6) is 5.75 Å². The van der Waals surface area contributed by atoms with Crippen molar-refractivity contribution in [1.82, 2.24) is 0 Å². The first-order valence-corrected chi connectivity index (χ1v) is 12.4. The number of esters is 3. The predicted octanol–water partition coefficient (Wildman–Crippen LogP) is 3.20. The number of carbonyl (C=O) groups excluding carboxylic acids is 4. The average Bonchev–Trinajstić information content (AvgIpc) is 2.89. The second-order valence-electron chi connectivity index (χ2n) is 9.01. The van der Waals surface area contributed by atoms with E-state index in [9.17, 15) is 29.1 Å². The fraction of sp³-hybridized carbons (Fsp3) is 0.345. The summed E-state index contributed by atoms with van der Waals surface area (Å²) < 4.78 is 27.6. The van der Waals surface area contributed by atoms with Crippen molar-refractivity contribution >= 4 is 35.7 Å². The summed E-state index contributed by atoms with van der Waals surface area (Å²) in [6.45, 7) is 3.05. The van der Waals surface area contributed by atoms with E-state index in [4.69, 9.17) is 23.7 Å². The standard InChI is InChI=1S/C29H30O11/c1-17(30)36-16-25-27(37-18(2)31)23(15-26(34)35)28(38-19(3)32)29(40-25)39-22-12-10-21(11-13-22)24(33)14-9-20-7-5-4-6-8-20/h4-14,23,25,27-29H,15-16H2,1-3H3,(H,34,35)/b14-9-/t23-,25+,27-,28-,29+/m1/s1. The van der Waals surface area contributed by atoms with Gasteiger partial charge in [-0.15, -0.1) is 0 Å². The fourth-order valence-electron chi connectivity index (χ4n) is 4.21. The summed E-state index contributed by atoms with van der Waals surface area (Å²) in [7, 11) is 0. The number of aliphatic carboxylic acids is 1. The van der Waals surface area contributed by atoms with Crippen molar-refractivity contribution in [2.45, 2.75) is 51.8 Å². The normalized spacial score (nSPS) is 22.2. The number of allylic oxidation sites excluding steroid dienone is 1. The van der Waals surface area contributed by atoms with Crippen molar-refractivity contribution in [3.05, 3.63) is 71.8 Å². The van der Waals surface area contributed by atoms with Crippen LogP contribution < -0.4 is 4.74 Å². The second-order valence-corrected chi connectivity index (χ2v) is 9.01. The molecule has 2 aromatic rings. The minimum Gasteiger partial charge on any atom is -0.481 e. The summed E-state index contributed by atoms with van der Waals surface area (Å²) in [6, 6.07) is 15.4. The molecule has 1 fully saturated rings. The van der Waals surface area contributed by atoms with E-state index in [1.165, 1.54) is 37.3 Å². The molecule has 0 aliphatic carbocycles. The summed E-state index contributed by atoms with van der Waals surface area (Å²) in [5, 5.41) is 9.56. The Kier molecular flexibility index (Phi) is 10.5. The van der Waals surface area contributed by atoms with Gasteiger partial charge in [-0.05, 0) is 35.9 Å². The van der Waals surface area contributed by atoms with Crippen LogP contribution in [-0.2, 0) is 38.1 Å². The number of carboxylic acids is 1. The number of benzene rings is 2. The minimum absolute atomic E-state index is 0.219. The highest BCUT2D eigenvalue weighted by molar-refractivity contribution is 6.06. The van der Waals surface area contributed by atoms with Crippen LogP contribution in [0, 0.1) is 5.92 Å². The zero-order valence-corrected chi connectivity index (χ0v) is 22.2. The molecule has 1 heterocycles. The number of carbonyl (C=O) groups is 5. The van der Waals surface area contributed by atoms with Crippen molar-refractivity contribution in [1.29, 1.82) is 0 Å². The van der Waals surface area contributed by atoms with Crippen molar-refractivity contribution in [3.63, 3.8) is 0 Å². The third-order valence-electron chi connectivity index (χ3n) is 5.87. The Morgan fingerprint density at radius 2 is 1.48 bits per heavy atom. The van der Waals surface area contributed by atoms with E-state index in [-0.39, 0.29) is 18.1 Å². The molecule has 5 atom stereocenters. The molecule has 0 spiro atoms. The Morgan fingerprint density at radius 1 is 0.850 bits per heavy atom. The smallest absolute Gasteiger partial charge is 0.303 e. The number of ketones is 1. The topological polar surface area (TPSA) is 152 Å². The molecule has 0 bridgehead atoms. The van der Waals surface area contributed by atoms with Gasteiger partial charge >= 0.3 is 23.9 Å². The van der Waals surface area contributed by atoms with Crippen LogP contribution in [0.3, 0.4) is 0 Å². The lowest BCUT2D eigenvalue weighted by atomic mass is 9.86. The average molecular weight is 555 g/mol. The molecule has 0 saturated carbocycles. The molecule has 0 unspecified atom stereocenters. The van der Waals surface area contributed by atoms with Gasteiger partial charge in [0.1, 0.15) is 24.6 Å². The van der Waals surface area contributed by atoms with Gasteiger partial charge in [0.05, 0.1) is 12.3 Å². The third-order valence-corrected chi connectivity index (χ3v) is 5.87. The van der Waals surface area contributed by atoms with Crippen LogP contribution >= 0.6 is 0 Å². The van der Waals surface area contributed by atoms with Crippen molar-refractivity contribution in [3.8, 4) is 5.75 Å². The highest BCUT2D eigenvalue weighted by Crippen LogP contribution is 2.35. The maximum atomic E-state index is 12.6. The predicted molar refractivity (Wildman–Crippen MR) is 139 cm³/mol.